The molecule has 5 heterocycles. The van der Waals surface area contributed by atoms with E-state index in [1.54, 1.807) is 4.57 Å². The normalized spacial score (nSPS) is 14.4. The van der Waals surface area contributed by atoms with E-state index in [1.807, 2.05) is 18.2 Å². The molecule has 3 aromatic heterocycles. The molecule has 0 fully saturated rings. The van der Waals surface area contributed by atoms with Crippen LogP contribution in [0.15, 0.2) is 382 Å². The highest BCUT2D eigenvalue weighted by atomic mass is 15.2. The lowest BCUT2D eigenvalue weighted by molar-refractivity contribution is 0.794. The predicted octanol–water partition coefficient (Wildman–Crippen LogP) is 24.7. The first-order valence-electron chi connectivity index (χ1n) is 41.0. The van der Waals surface area contributed by atoms with E-state index >= 15 is 0 Å². The lowest BCUT2D eigenvalue weighted by Gasteiger charge is -2.46. The first kappa shape index (κ1) is 52.0. The Kier molecular flexibility index (Phi) is 10.8. The summed E-state index contributed by atoms with van der Waals surface area (Å²) in [5.74, 6) is 0. The van der Waals surface area contributed by atoms with Crippen molar-refractivity contribution in [3.8, 4) is 83.6 Å². The van der Waals surface area contributed by atoms with Gasteiger partial charge in [0, 0.05) is 77.6 Å². The molecule has 108 heavy (non-hydrogen) atoms. The molecule has 2 aliphatic carbocycles. The average molecular weight is 1380 g/mol. The lowest BCUT2D eigenvalue weighted by atomic mass is 9.33. The van der Waals surface area contributed by atoms with Gasteiger partial charge in [-0.25, -0.2) is 0 Å². The largest absolute Gasteiger partial charge is 0.311 e. The molecule has 0 atom stereocenters. The molecule has 5 heteroatoms. The van der Waals surface area contributed by atoms with Crippen LogP contribution >= 0.6 is 0 Å². The number of nitrogens with zero attached hydrogens (tertiary/aromatic N) is 4. The third-order valence-electron chi connectivity index (χ3n) is 23.8. The smallest absolute Gasteiger partial charge is 0.252 e. The van der Waals surface area contributed by atoms with Crippen molar-refractivity contribution in [3.05, 3.63) is 404 Å². The Labute approximate surface area is 636 Å². The monoisotopic (exact) mass is 1370 g/mol. The van der Waals surface area contributed by atoms with Crippen molar-refractivity contribution < 1.29 is 11.0 Å². The molecule has 17 aromatic carbocycles. The predicted molar refractivity (Wildman–Crippen MR) is 453 cm³/mol. The van der Waals surface area contributed by atoms with Crippen molar-refractivity contribution in [1.82, 2.24) is 8.97 Å². The van der Waals surface area contributed by atoms with E-state index in [-0.39, 0.29) is 33.9 Å². The zero-order valence-corrected chi connectivity index (χ0v) is 58.1. The minimum Gasteiger partial charge on any atom is -0.311 e. The van der Waals surface area contributed by atoms with Gasteiger partial charge in [0.1, 0.15) is 0 Å². The van der Waals surface area contributed by atoms with Crippen LogP contribution in [-0.2, 0) is 5.41 Å². The molecular weight excluding hydrogens is 1300 g/mol. The van der Waals surface area contributed by atoms with Crippen molar-refractivity contribution in [1.29, 1.82) is 0 Å². The summed E-state index contributed by atoms with van der Waals surface area (Å²) in [6, 6.07) is 118. The number of anilines is 6. The standard InChI is InChI=1S/C103H63BN4/c1-5-27-64(28-6-1)69-55-70(65-29-7-2-8-30-65)57-73(56-69)106-97-62-84-78-37-15-21-47-88(78)103(86-45-19-13-35-76(86)77-36-14-20-46-87(77)103)89(84)63-91(97)104-90-53-52-72(105-92-48-22-16-38-79(92)80-39-17-23-49-93(80)105)61-96(90)108(101-74(66-31-9-3-10-32-66)41-25-42-75(101)67-33-11-4-12-34-67)99-60-71(59-98(106)100(99)104)68-51-54-95-85(58-68)83-44-26-43-82-81-40-18-24-50-94(81)107(95)102(82)83/h1-63H/i16D,17D,22D,23D,38D,39D,48D,49D. The summed E-state index contributed by atoms with van der Waals surface area (Å²) in [5, 5.41) is 4.69. The number of para-hydroxylation sites is 5. The minimum absolute atomic E-state index is 0.00593. The van der Waals surface area contributed by atoms with Gasteiger partial charge in [-0.2, -0.15) is 0 Å². The Morgan fingerprint density at radius 2 is 0.741 bits per heavy atom. The third-order valence-corrected chi connectivity index (χ3v) is 23.8. The van der Waals surface area contributed by atoms with E-state index in [9.17, 15) is 8.22 Å². The van der Waals surface area contributed by atoms with Crippen molar-refractivity contribution in [2.45, 2.75) is 5.41 Å². The van der Waals surface area contributed by atoms with Crippen molar-refractivity contribution in [2.24, 2.45) is 0 Å². The van der Waals surface area contributed by atoms with Gasteiger partial charge in [0.25, 0.3) is 6.71 Å². The molecule has 20 aromatic rings. The van der Waals surface area contributed by atoms with Gasteiger partial charge in [0.2, 0.25) is 0 Å². The molecule has 0 amide bonds. The fourth-order valence-corrected chi connectivity index (χ4v) is 19.5. The maximum atomic E-state index is 9.96. The molecular formula is C103H63BN4. The van der Waals surface area contributed by atoms with Gasteiger partial charge in [-0.15, -0.1) is 0 Å². The highest BCUT2D eigenvalue weighted by Gasteiger charge is 2.54. The number of benzene rings is 17. The van der Waals surface area contributed by atoms with E-state index in [0.717, 1.165) is 139 Å². The average Bonchev–Trinajstić information content (AvgIpc) is 0.756. The molecule has 0 saturated heterocycles. The van der Waals surface area contributed by atoms with Crippen molar-refractivity contribution in [2.75, 3.05) is 9.80 Å². The molecule has 2 aliphatic heterocycles. The van der Waals surface area contributed by atoms with Crippen LogP contribution in [-0.4, -0.2) is 15.7 Å². The maximum Gasteiger partial charge on any atom is 0.252 e. The minimum atomic E-state index is -0.756. The van der Waals surface area contributed by atoms with Crippen LogP contribution in [0.4, 0.5) is 34.1 Å². The molecule has 0 unspecified atom stereocenters. The fourth-order valence-electron chi connectivity index (χ4n) is 19.5. The second kappa shape index (κ2) is 22.5. The Morgan fingerprint density at radius 1 is 0.259 bits per heavy atom. The van der Waals surface area contributed by atoms with Gasteiger partial charge in [-0.3, -0.25) is 0 Å². The molecule has 0 saturated carbocycles. The number of rotatable bonds is 8. The van der Waals surface area contributed by atoms with E-state index in [4.69, 9.17) is 2.74 Å². The number of hydrogen-bond donors (Lipinski definition) is 0. The zero-order chi connectivity index (χ0) is 77.4. The quantitative estimate of drug-likeness (QED) is 0.141. The Morgan fingerprint density at radius 3 is 1.36 bits per heavy atom. The topological polar surface area (TPSA) is 15.8 Å². The summed E-state index contributed by atoms with van der Waals surface area (Å²) in [6.07, 6.45) is 0. The molecule has 498 valence electrons. The van der Waals surface area contributed by atoms with Crippen LogP contribution < -0.4 is 26.2 Å². The second-order valence-electron chi connectivity index (χ2n) is 29.1. The van der Waals surface area contributed by atoms with E-state index in [2.05, 4.69) is 330 Å². The van der Waals surface area contributed by atoms with Crippen molar-refractivity contribution in [3.63, 3.8) is 0 Å². The van der Waals surface area contributed by atoms with E-state index in [1.165, 1.54) is 49.7 Å². The van der Waals surface area contributed by atoms with Gasteiger partial charge in [0.15, 0.2) is 0 Å². The maximum absolute atomic E-state index is 9.96. The molecule has 4 aliphatic rings. The molecule has 24 rings (SSSR count). The second-order valence-corrected chi connectivity index (χ2v) is 29.1. The highest BCUT2D eigenvalue weighted by molar-refractivity contribution is 7.00. The summed E-state index contributed by atoms with van der Waals surface area (Å²) in [5.41, 5.74) is 31.1. The summed E-state index contributed by atoms with van der Waals surface area (Å²) in [6.45, 7) is -0.557. The SMILES string of the molecule is [2H]c1c([2H])c([2H])c2c(c1[2H])c1c([2H])c([2H])c([2H])c([2H])c1n2-c1ccc2c(c1)N(c1c(-c3ccccc3)cccc1-c1ccccc1)c1cc(-c3ccc4c(c3)c3cccc5c6ccccc6n4c53)cc3c1B2c1cc2c(cc1N3c1cc(-c3ccccc3)cc(-c3ccccc3)c1)-c1ccccc1C21c2ccccc2-c2ccccc21. The van der Waals surface area contributed by atoms with Gasteiger partial charge in [0.05, 0.1) is 49.7 Å². The first-order chi connectivity index (χ1) is 56.9. The fraction of sp³-hybridized carbons (Fsp3) is 0.00971. The van der Waals surface area contributed by atoms with Gasteiger partial charge in [-0.05, 0) is 184 Å². The van der Waals surface area contributed by atoms with Gasteiger partial charge < -0.3 is 18.8 Å². The molecule has 0 bridgehead atoms. The van der Waals surface area contributed by atoms with Crippen LogP contribution in [0.3, 0.4) is 0 Å². The van der Waals surface area contributed by atoms with Gasteiger partial charge >= 0.3 is 0 Å². The first-order valence-corrected chi connectivity index (χ1v) is 37.0. The molecule has 0 radical (unpaired) electrons. The van der Waals surface area contributed by atoms with Crippen LogP contribution in [0.1, 0.15) is 33.2 Å². The molecule has 1 spiro atoms. The van der Waals surface area contributed by atoms with Gasteiger partial charge in [-0.1, -0.05) is 303 Å². The summed E-state index contributed by atoms with van der Waals surface area (Å²) < 4.78 is 80.5. The van der Waals surface area contributed by atoms with Crippen LogP contribution in [0.25, 0.3) is 143 Å². The lowest BCUT2D eigenvalue weighted by Crippen LogP contribution is -2.61. The van der Waals surface area contributed by atoms with E-state index < -0.39 is 48.4 Å². The molecule has 0 N–H and O–H groups in total. The van der Waals surface area contributed by atoms with Crippen molar-refractivity contribution >= 4 is 117 Å². The van der Waals surface area contributed by atoms with Crippen LogP contribution in [0.5, 0.6) is 0 Å². The number of aromatic nitrogens is 2. The summed E-state index contributed by atoms with van der Waals surface area (Å²) >= 11 is 0. The molecule has 4 nitrogen and oxygen atoms in total. The van der Waals surface area contributed by atoms with Crippen LogP contribution in [0, 0.1) is 0 Å². The Bertz CT molecular complexity index is 7470. The number of fused-ring (bicyclic) bond motifs is 23. The zero-order valence-electron chi connectivity index (χ0n) is 66.1. The summed E-state index contributed by atoms with van der Waals surface area (Å²) in [4.78, 5) is 5.03. The summed E-state index contributed by atoms with van der Waals surface area (Å²) in [7, 11) is 0. The van der Waals surface area contributed by atoms with E-state index in [0.29, 0.717) is 5.69 Å². The Hall–Kier alpha value is -14.0. The van der Waals surface area contributed by atoms with Crippen LogP contribution in [0.2, 0.25) is 0 Å². The number of hydrogen-bond acceptors (Lipinski definition) is 2. The third kappa shape index (κ3) is 8.14. The Balaban J connectivity index is 0.894. The highest BCUT2D eigenvalue weighted by Crippen LogP contribution is 2.64.